The summed E-state index contributed by atoms with van der Waals surface area (Å²) in [5.41, 5.74) is 1.02. The van der Waals surface area contributed by atoms with Gasteiger partial charge in [0, 0.05) is 0 Å². The van der Waals surface area contributed by atoms with Gasteiger partial charge in [0.1, 0.15) is 6.10 Å². The Labute approximate surface area is 105 Å². The maximum Gasteiger partial charge on any atom is 0.223 e. The molecule has 0 saturated carbocycles. The van der Waals surface area contributed by atoms with E-state index in [-0.39, 0.29) is 18.9 Å². The molecule has 5 nitrogen and oxygen atoms in total. The molecule has 18 heavy (non-hydrogen) atoms. The Bertz CT molecular complexity index is 395. The van der Waals surface area contributed by atoms with E-state index in [1.165, 1.54) is 0 Å². The second-order valence-electron chi connectivity index (χ2n) is 4.44. The van der Waals surface area contributed by atoms with Gasteiger partial charge in [-0.3, -0.25) is 4.79 Å². The number of aliphatic hydroxyl groups excluding tert-OH is 2. The zero-order chi connectivity index (χ0) is 13.0. The van der Waals surface area contributed by atoms with E-state index in [1.54, 1.807) is 0 Å². The molecule has 1 aliphatic rings. The van der Waals surface area contributed by atoms with E-state index in [9.17, 15) is 15.0 Å². The van der Waals surface area contributed by atoms with E-state index in [2.05, 4.69) is 5.32 Å². The number of rotatable bonds is 4. The van der Waals surface area contributed by atoms with Gasteiger partial charge in [0.05, 0.1) is 31.8 Å². The highest BCUT2D eigenvalue weighted by molar-refractivity contribution is 5.78. The van der Waals surface area contributed by atoms with Crippen molar-refractivity contribution in [2.45, 2.75) is 31.3 Å². The van der Waals surface area contributed by atoms with Crippen molar-refractivity contribution in [2.75, 3.05) is 6.61 Å². The smallest absolute Gasteiger partial charge is 0.223 e. The van der Waals surface area contributed by atoms with Gasteiger partial charge in [-0.15, -0.1) is 0 Å². The second-order valence-corrected chi connectivity index (χ2v) is 4.44. The Morgan fingerprint density at radius 3 is 2.72 bits per heavy atom. The third-order valence-electron chi connectivity index (χ3n) is 2.96. The van der Waals surface area contributed by atoms with Crippen LogP contribution in [0.2, 0.25) is 0 Å². The minimum atomic E-state index is -1.01. The highest BCUT2D eigenvalue weighted by Gasteiger charge is 2.34. The minimum absolute atomic E-state index is 0.0592. The molecule has 1 fully saturated rings. The van der Waals surface area contributed by atoms with Gasteiger partial charge in [-0.25, -0.2) is 0 Å². The number of carbonyl (C=O) groups excluding carboxylic acids is 1. The highest BCUT2D eigenvalue weighted by Crippen LogP contribution is 2.11. The predicted molar refractivity (Wildman–Crippen MR) is 64.7 cm³/mol. The fraction of sp³-hybridized carbons (Fsp3) is 0.462. The van der Waals surface area contributed by atoms with Crippen molar-refractivity contribution < 1.29 is 19.7 Å². The van der Waals surface area contributed by atoms with Crippen LogP contribution in [0.5, 0.6) is 0 Å². The van der Waals surface area contributed by atoms with Crippen molar-refractivity contribution in [1.29, 1.82) is 0 Å². The van der Waals surface area contributed by atoms with Crippen LogP contribution in [0.3, 0.4) is 0 Å². The van der Waals surface area contributed by atoms with Gasteiger partial charge in [0.25, 0.3) is 0 Å². The zero-order valence-electron chi connectivity index (χ0n) is 9.95. The molecule has 1 aliphatic heterocycles. The molecule has 3 N–H and O–H groups in total. The summed E-state index contributed by atoms with van der Waals surface area (Å²) < 4.78 is 5.44. The SMILES string of the molecule is O=C1C[C@@H](O)[C@H](O)[C@@H](COCc2ccccc2)N1. The second kappa shape index (κ2) is 5.95. The van der Waals surface area contributed by atoms with E-state index < -0.39 is 18.2 Å². The van der Waals surface area contributed by atoms with Gasteiger partial charge in [-0.2, -0.15) is 0 Å². The van der Waals surface area contributed by atoms with Gasteiger partial charge in [0.15, 0.2) is 0 Å². The minimum Gasteiger partial charge on any atom is -0.390 e. The molecule has 0 bridgehead atoms. The van der Waals surface area contributed by atoms with E-state index in [0.29, 0.717) is 6.61 Å². The first-order valence-electron chi connectivity index (χ1n) is 5.94. The lowest BCUT2D eigenvalue weighted by molar-refractivity contribution is -0.135. The Hall–Kier alpha value is -1.43. The molecule has 1 aromatic carbocycles. The van der Waals surface area contributed by atoms with Crippen LogP contribution in [0.25, 0.3) is 0 Å². The first-order chi connectivity index (χ1) is 8.66. The van der Waals surface area contributed by atoms with Crippen LogP contribution in [0.1, 0.15) is 12.0 Å². The summed E-state index contributed by atoms with van der Waals surface area (Å²) in [6, 6.07) is 9.07. The number of nitrogens with one attached hydrogen (secondary N) is 1. The lowest BCUT2D eigenvalue weighted by atomic mass is 9.98. The molecule has 0 aromatic heterocycles. The van der Waals surface area contributed by atoms with E-state index in [0.717, 1.165) is 5.56 Å². The highest BCUT2D eigenvalue weighted by atomic mass is 16.5. The standard InChI is InChI=1S/C13H17NO4/c15-11-6-12(16)14-10(13(11)17)8-18-7-9-4-2-1-3-5-9/h1-5,10-11,13,15,17H,6-8H2,(H,14,16)/t10-,11-,13-/m1/s1. The number of aliphatic hydroxyl groups is 2. The Kier molecular flexibility index (Phi) is 4.30. The number of carbonyl (C=O) groups is 1. The average molecular weight is 251 g/mol. The van der Waals surface area contributed by atoms with Crippen molar-refractivity contribution >= 4 is 5.91 Å². The van der Waals surface area contributed by atoms with Crippen LogP contribution in [-0.2, 0) is 16.1 Å². The Balaban J connectivity index is 1.81. The number of hydrogen-bond acceptors (Lipinski definition) is 4. The first-order valence-corrected chi connectivity index (χ1v) is 5.94. The largest absolute Gasteiger partial charge is 0.390 e. The van der Waals surface area contributed by atoms with E-state index >= 15 is 0 Å². The number of hydrogen-bond donors (Lipinski definition) is 3. The first kappa shape index (κ1) is 13.0. The molecule has 2 rings (SSSR count). The maximum absolute atomic E-state index is 11.2. The summed E-state index contributed by atoms with van der Waals surface area (Å²) in [5, 5.41) is 21.8. The molecule has 98 valence electrons. The number of piperidine rings is 1. The molecule has 1 amide bonds. The molecule has 1 aromatic rings. The summed E-state index contributed by atoms with van der Waals surface area (Å²) >= 11 is 0. The normalized spacial score (nSPS) is 27.9. The zero-order valence-corrected chi connectivity index (χ0v) is 9.95. The molecular formula is C13H17NO4. The van der Waals surface area contributed by atoms with Gasteiger partial charge in [-0.1, -0.05) is 30.3 Å². The Morgan fingerprint density at radius 2 is 2.00 bits per heavy atom. The van der Waals surface area contributed by atoms with Crippen LogP contribution >= 0.6 is 0 Å². The van der Waals surface area contributed by atoms with Crippen LogP contribution in [-0.4, -0.2) is 41.0 Å². The third-order valence-corrected chi connectivity index (χ3v) is 2.96. The van der Waals surface area contributed by atoms with Crippen molar-refractivity contribution in [3.05, 3.63) is 35.9 Å². The lowest BCUT2D eigenvalue weighted by Gasteiger charge is -2.32. The maximum atomic E-state index is 11.2. The number of amides is 1. The molecule has 0 spiro atoms. The summed E-state index contributed by atoms with van der Waals surface area (Å²) in [7, 11) is 0. The lowest BCUT2D eigenvalue weighted by Crippen LogP contribution is -2.56. The monoisotopic (exact) mass is 251 g/mol. The number of ether oxygens (including phenoxy) is 1. The van der Waals surface area contributed by atoms with Crippen LogP contribution in [0.15, 0.2) is 30.3 Å². The topological polar surface area (TPSA) is 78.8 Å². The fourth-order valence-corrected chi connectivity index (χ4v) is 1.95. The predicted octanol–water partition coefficient (Wildman–Crippen LogP) is -0.187. The summed E-state index contributed by atoms with van der Waals surface area (Å²) in [6.45, 7) is 0.592. The molecule has 0 aliphatic carbocycles. The molecule has 1 saturated heterocycles. The van der Waals surface area contributed by atoms with Gasteiger partial charge in [-0.05, 0) is 5.56 Å². The fourth-order valence-electron chi connectivity index (χ4n) is 1.95. The van der Waals surface area contributed by atoms with Gasteiger partial charge < -0.3 is 20.3 Å². The summed E-state index contributed by atoms with van der Waals surface area (Å²) in [6.07, 6.45) is -2.04. The van der Waals surface area contributed by atoms with Crippen molar-refractivity contribution in [1.82, 2.24) is 5.32 Å². The Morgan fingerprint density at radius 1 is 1.28 bits per heavy atom. The van der Waals surface area contributed by atoms with Crippen molar-refractivity contribution in [2.24, 2.45) is 0 Å². The van der Waals surface area contributed by atoms with Crippen molar-refractivity contribution in [3.63, 3.8) is 0 Å². The molecule has 1 heterocycles. The molecular weight excluding hydrogens is 234 g/mol. The third kappa shape index (κ3) is 3.29. The molecule has 0 unspecified atom stereocenters. The van der Waals surface area contributed by atoms with Crippen molar-refractivity contribution in [3.8, 4) is 0 Å². The van der Waals surface area contributed by atoms with Crippen LogP contribution in [0.4, 0.5) is 0 Å². The molecule has 5 heteroatoms. The van der Waals surface area contributed by atoms with Crippen LogP contribution < -0.4 is 5.32 Å². The molecule has 0 radical (unpaired) electrons. The van der Waals surface area contributed by atoms with Gasteiger partial charge >= 0.3 is 0 Å². The van der Waals surface area contributed by atoms with E-state index in [4.69, 9.17) is 4.74 Å². The van der Waals surface area contributed by atoms with Gasteiger partial charge in [0.2, 0.25) is 5.91 Å². The number of benzene rings is 1. The quantitative estimate of drug-likeness (QED) is 0.693. The average Bonchev–Trinajstić information content (AvgIpc) is 2.36. The summed E-state index contributed by atoms with van der Waals surface area (Å²) in [4.78, 5) is 11.2. The summed E-state index contributed by atoms with van der Waals surface area (Å²) in [5.74, 6) is -0.263. The molecule has 3 atom stereocenters. The van der Waals surface area contributed by atoms with Crippen LogP contribution in [0, 0.1) is 0 Å². The van der Waals surface area contributed by atoms with E-state index in [1.807, 2.05) is 30.3 Å².